The lowest BCUT2D eigenvalue weighted by atomic mass is 9.89. The Hall–Kier alpha value is -1.42. The molecule has 1 unspecified atom stereocenters. The minimum Gasteiger partial charge on any atom is -0.454 e. The number of nitrogens with one attached hydrogen (secondary N) is 1. The minimum atomic E-state index is 0.0491. The molecule has 0 aliphatic carbocycles. The van der Waals surface area contributed by atoms with Crippen molar-refractivity contribution in [2.45, 2.75) is 12.5 Å². The van der Waals surface area contributed by atoms with Gasteiger partial charge in [-0.15, -0.1) is 0 Å². The van der Waals surface area contributed by atoms with Crippen LogP contribution in [0.1, 0.15) is 22.7 Å². The molecule has 0 saturated heterocycles. The van der Waals surface area contributed by atoms with Gasteiger partial charge in [0.15, 0.2) is 11.5 Å². The zero-order valence-electron chi connectivity index (χ0n) is 11.2. The molecular weight excluding hydrogens is 309 g/mol. The maximum Gasteiger partial charge on any atom is 0.231 e. The van der Waals surface area contributed by atoms with Crippen LogP contribution in [0, 0.1) is 0 Å². The predicted molar refractivity (Wildman–Crippen MR) is 82.6 cm³/mol. The quantitative estimate of drug-likeness (QED) is 0.862. The van der Waals surface area contributed by atoms with Gasteiger partial charge in [0.2, 0.25) is 6.79 Å². The van der Waals surface area contributed by atoms with E-state index in [2.05, 4.69) is 17.4 Å². The molecule has 0 aromatic heterocycles. The van der Waals surface area contributed by atoms with Gasteiger partial charge in [-0.1, -0.05) is 29.3 Å². The summed E-state index contributed by atoms with van der Waals surface area (Å²) in [5.74, 6) is 1.63. The van der Waals surface area contributed by atoms with Crippen LogP contribution in [0.15, 0.2) is 30.3 Å². The molecular formula is C16H13Cl2NO2. The lowest BCUT2D eigenvalue weighted by molar-refractivity contribution is 0.174. The fraction of sp³-hybridized carbons (Fsp3) is 0.250. The van der Waals surface area contributed by atoms with Crippen LogP contribution in [0.2, 0.25) is 10.0 Å². The molecule has 4 rings (SSSR count). The molecule has 0 fully saturated rings. The van der Waals surface area contributed by atoms with Crippen molar-refractivity contribution in [2.75, 3.05) is 13.3 Å². The minimum absolute atomic E-state index is 0.0491. The zero-order chi connectivity index (χ0) is 14.4. The Kier molecular flexibility index (Phi) is 3.21. The molecule has 2 heterocycles. The van der Waals surface area contributed by atoms with E-state index in [1.54, 1.807) is 6.07 Å². The summed E-state index contributed by atoms with van der Waals surface area (Å²) in [6.07, 6.45) is 0.966. The van der Waals surface area contributed by atoms with E-state index < -0.39 is 0 Å². The molecule has 3 nitrogen and oxygen atoms in total. The molecule has 2 aromatic rings. The molecule has 0 spiro atoms. The summed E-state index contributed by atoms with van der Waals surface area (Å²) in [5.41, 5.74) is 3.49. The van der Waals surface area contributed by atoms with Crippen LogP contribution >= 0.6 is 23.2 Å². The largest absolute Gasteiger partial charge is 0.454 e. The highest BCUT2D eigenvalue weighted by atomic mass is 35.5. The second-order valence-corrected chi connectivity index (χ2v) is 6.05. The highest BCUT2D eigenvalue weighted by Crippen LogP contribution is 2.41. The summed E-state index contributed by atoms with van der Waals surface area (Å²) in [4.78, 5) is 0. The molecule has 2 aliphatic heterocycles. The van der Waals surface area contributed by atoms with E-state index in [4.69, 9.17) is 32.7 Å². The molecule has 0 bridgehead atoms. The van der Waals surface area contributed by atoms with Gasteiger partial charge in [0.25, 0.3) is 0 Å². The van der Waals surface area contributed by atoms with Crippen molar-refractivity contribution in [2.24, 2.45) is 0 Å². The van der Waals surface area contributed by atoms with E-state index in [1.807, 2.05) is 12.1 Å². The first kappa shape index (κ1) is 13.3. The third-order valence-corrected chi connectivity index (χ3v) is 4.52. The molecule has 0 saturated carbocycles. The van der Waals surface area contributed by atoms with Crippen molar-refractivity contribution in [1.29, 1.82) is 0 Å². The van der Waals surface area contributed by atoms with Gasteiger partial charge in [-0.2, -0.15) is 0 Å². The Bertz CT molecular complexity index is 718. The van der Waals surface area contributed by atoms with E-state index >= 15 is 0 Å². The Balaban J connectivity index is 1.83. The number of ether oxygens (including phenoxy) is 2. The van der Waals surface area contributed by atoms with Gasteiger partial charge < -0.3 is 14.8 Å². The number of rotatable bonds is 1. The monoisotopic (exact) mass is 321 g/mol. The van der Waals surface area contributed by atoms with E-state index in [0.29, 0.717) is 10.0 Å². The number of halogens is 2. The van der Waals surface area contributed by atoms with Gasteiger partial charge in [-0.25, -0.2) is 0 Å². The lowest BCUT2D eigenvalue weighted by Crippen LogP contribution is -2.30. The number of benzene rings is 2. The van der Waals surface area contributed by atoms with E-state index in [0.717, 1.165) is 30.0 Å². The second kappa shape index (κ2) is 5.09. The van der Waals surface area contributed by atoms with Crippen molar-refractivity contribution >= 4 is 23.2 Å². The molecule has 2 aliphatic rings. The van der Waals surface area contributed by atoms with Crippen LogP contribution in [0.25, 0.3) is 0 Å². The normalized spacial score (nSPS) is 19.4. The van der Waals surface area contributed by atoms with Gasteiger partial charge in [0.05, 0.1) is 6.04 Å². The van der Waals surface area contributed by atoms with Crippen LogP contribution in [0.5, 0.6) is 11.5 Å². The van der Waals surface area contributed by atoms with Crippen LogP contribution in [-0.2, 0) is 6.42 Å². The fourth-order valence-corrected chi connectivity index (χ4v) is 3.48. The molecule has 0 amide bonds. The standard InChI is InChI=1S/C16H13Cl2NO2/c17-10-1-2-11(13(18)6-10)16-12-7-15-14(20-8-21-15)5-9(12)3-4-19-16/h1-2,5-7,16,19H,3-4,8H2. The Morgan fingerprint density at radius 3 is 2.62 bits per heavy atom. The maximum absolute atomic E-state index is 6.37. The zero-order valence-corrected chi connectivity index (χ0v) is 12.7. The molecule has 1 atom stereocenters. The fourth-order valence-electron chi connectivity index (χ4n) is 2.96. The second-order valence-electron chi connectivity index (χ2n) is 5.21. The first-order chi connectivity index (χ1) is 10.2. The highest BCUT2D eigenvalue weighted by molar-refractivity contribution is 6.35. The lowest BCUT2D eigenvalue weighted by Gasteiger charge is -2.28. The van der Waals surface area contributed by atoms with Crippen molar-refractivity contribution in [3.8, 4) is 11.5 Å². The molecule has 2 aromatic carbocycles. The smallest absolute Gasteiger partial charge is 0.231 e. The highest BCUT2D eigenvalue weighted by Gasteiger charge is 2.27. The summed E-state index contributed by atoms with van der Waals surface area (Å²) in [7, 11) is 0. The van der Waals surface area contributed by atoms with Gasteiger partial charge in [0.1, 0.15) is 0 Å². The summed E-state index contributed by atoms with van der Waals surface area (Å²) in [6, 6.07) is 9.80. The number of hydrogen-bond acceptors (Lipinski definition) is 3. The van der Waals surface area contributed by atoms with Crippen molar-refractivity contribution in [3.63, 3.8) is 0 Å². The van der Waals surface area contributed by atoms with Crippen molar-refractivity contribution in [3.05, 3.63) is 57.1 Å². The predicted octanol–water partition coefficient (Wildman–Crippen LogP) is 3.96. The Morgan fingerprint density at radius 1 is 1.00 bits per heavy atom. The van der Waals surface area contributed by atoms with E-state index in [-0.39, 0.29) is 12.8 Å². The van der Waals surface area contributed by atoms with Crippen molar-refractivity contribution in [1.82, 2.24) is 5.32 Å². The van der Waals surface area contributed by atoms with Gasteiger partial charge in [0, 0.05) is 16.6 Å². The van der Waals surface area contributed by atoms with Gasteiger partial charge in [-0.3, -0.25) is 0 Å². The van der Waals surface area contributed by atoms with Crippen LogP contribution < -0.4 is 14.8 Å². The average Bonchev–Trinajstić information content (AvgIpc) is 2.92. The first-order valence-electron chi connectivity index (χ1n) is 6.83. The molecule has 5 heteroatoms. The topological polar surface area (TPSA) is 30.5 Å². The molecule has 0 radical (unpaired) electrons. The van der Waals surface area contributed by atoms with Crippen LogP contribution in [0.3, 0.4) is 0 Å². The van der Waals surface area contributed by atoms with E-state index in [1.165, 1.54) is 11.1 Å². The van der Waals surface area contributed by atoms with Gasteiger partial charge >= 0.3 is 0 Å². The maximum atomic E-state index is 6.37. The summed E-state index contributed by atoms with van der Waals surface area (Å²) in [5, 5.41) is 4.83. The summed E-state index contributed by atoms with van der Waals surface area (Å²) >= 11 is 12.4. The number of hydrogen-bond donors (Lipinski definition) is 1. The first-order valence-corrected chi connectivity index (χ1v) is 7.59. The van der Waals surface area contributed by atoms with Gasteiger partial charge in [-0.05, 0) is 47.4 Å². The molecule has 1 N–H and O–H groups in total. The number of fused-ring (bicyclic) bond motifs is 2. The Labute approximate surface area is 132 Å². The molecule has 21 heavy (non-hydrogen) atoms. The molecule has 108 valence electrons. The summed E-state index contributed by atoms with van der Waals surface area (Å²) < 4.78 is 11.0. The average molecular weight is 322 g/mol. The van der Waals surface area contributed by atoms with E-state index in [9.17, 15) is 0 Å². The van der Waals surface area contributed by atoms with Crippen LogP contribution in [0.4, 0.5) is 0 Å². The summed E-state index contributed by atoms with van der Waals surface area (Å²) in [6.45, 7) is 1.19. The third kappa shape index (κ3) is 2.26. The SMILES string of the molecule is Clc1ccc(C2NCCc3cc4c(cc32)OCO4)c(Cl)c1. The van der Waals surface area contributed by atoms with Crippen LogP contribution in [-0.4, -0.2) is 13.3 Å². The van der Waals surface area contributed by atoms with Crippen molar-refractivity contribution < 1.29 is 9.47 Å². The third-order valence-electron chi connectivity index (χ3n) is 3.96. The Morgan fingerprint density at radius 2 is 1.81 bits per heavy atom.